The zero-order valence-corrected chi connectivity index (χ0v) is 14.9. The summed E-state index contributed by atoms with van der Waals surface area (Å²) in [7, 11) is -3.73. The van der Waals surface area contributed by atoms with Gasteiger partial charge in [-0.25, -0.2) is 17.5 Å². The van der Waals surface area contributed by atoms with Crippen LogP contribution in [0.5, 0.6) is 0 Å². The molecule has 1 fully saturated rings. The normalized spacial score (nSPS) is 14.5. The van der Waals surface area contributed by atoms with E-state index in [0.29, 0.717) is 30.8 Å². The lowest BCUT2D eigenvalue weighted by Gasteiger charge is -2.25. The number of carboxylic acid groups (broad SMARTS) is 1. The second-order valence-electron chi connectivity index (χ2n) is 6.06. The Hall–Kier alpha value is -2.87. The van der Waals surface area contributed by atoms with Gasteiger partial charge in [-0.3, -0.25) is 4.79 Å². The number of carbonyl (C=O) groups excluding carboxylic acids is 1. The first kappa shape index (κ1) is 17.9. The summed E-state index contributed by atoms with van der Waals surface area (Å²) >= 11 is 0. The molecule has 136 valence electrons. The molecular formula is C18H18N2O5S. The first-order chi connectivity index (χ1) is 12.3. The van der Waals surface area contributed by atoms with Crippen molar-refractivity contribution in [1.82, 2.24) is 0 Å². The lowest BCUT2D eigenvalue weighted by Crippen LogP contribution is -2.27. The maximum absolute atomic E-state index is 12.4. The van der Waals surface area contributed by atoms with Crippen LogP contribution < -0.4 is 9.21 Å². The van der Waals surface area contributed by atoms with E-state index in [1.807, 2.05) is 0 Å². The summed E-state index contributed by atoms with van der Waals surface area (Å²) in [6.07, 6.45) is 2.12. The fourth-order valence-electron chi connectivity index (χ4n) is 3.01. The summed E-state index contributed by atoms with van der Waals surface area (Å²) in [6, 6.07) is 12.6. The lowest BCUT2D eigenvalue weighted by molar-refractivity contribution is -0.117. The highest BCUT2D eigenvalue weighted by atomic mass is 32.2. The molecule has 0 atom stereocenters. The number of carboxylic acids is 1. The van der Waals surface area contributed by atoms with Crippen molar-refractivity contribution in [3.8, 4) is 0 Å². The average molecular weight is 374 g/mol. The van der Waals surface area contributed by atoms with Gasteiger partial charge in [0, 0.05) is 18.7 Å². The number of amides is 1. The van der Waals surface area contributed by atoms with Crippen molar-refractivity contribution in [2.45, 2.75) is 12.8 Å². The Balaban J connectivity index is 2.19. The molecule has 2 aromatic rings. The van der Waals surface area contributed by atoms with Crippen molar-refractivity contribution in [3.05, 3.63) is 54.1 Å². The van der Waals surface area contributed by atoms with E-state index in [4.69, 9.17) is 0 Å². The molecule has 0 saturated carbocycles. The van der Waals surface area contributed by atoms with Crippen LogP contribution in [0.15, 0.2) is 48.5 Å². The van der Waals surface area contributed by atoms with Gasteiger partial charge in [-0.2, -0.15) is 0 Å². The number of benzene rings is 2. The molecule has 1 aliphatic heterocycles. The SMILES string of the molecule is CS(=O)(=O)N(c1ccccc1)c1cc(C(=O)O)cc(N2CCCC2=O)c1. The van der Waals surface area contributed by atoms with Gasteiger partial charge >= 0.3 is 5.97 Å². The van der Waals surface area contributed by atoms with Crippen LogP contribution >= 0.6 is 0 Å². The van der Waals surface area contributed by atoms with Crippen molar-refractivity contribution in [2.75, 3.05) is 22.0 Å². The number of hydrogen-bond donors (Lipinski definition) is 1. The lowest BCUT2D eigenvalue weighted by atomic mass is 10.1. The Kier molecular flexibility index (Phi) is 4.69. The molecule has 0 radical (unpaired) electrons. The van der Waals surface area contributed by atoms with Crippen molar-refractivity contribution in [1.29, 1.82) is 0 Å². The summed E-state index contributed by atoms with van der Waals surface area (Å²) in [5, 5.41) is 9.43. The third kappa shape index (κ3) is 3.55. The quantitative estimate of drug-likeness (QED) is 0.868. The van der Waals surface area contributed by atoms with Crippen molar-refractivity contribution < 1.29 is 23.1 Å². The van der Waals surface area contributed by atoms with Gasteiger partial charge in [0.15, 0.2) is 0 Å². The van der Waals surface area contributed by atoms with E-state index in [1.165, 1.54) is 23.1 Å². The smallest absolute Gasteiger partial charge is 0.335 e. The van der Waals surface area contributed by atoms with Gasteiger partial charge in [-0.15, -0.1) is 0 Å². The standard InChI is InChI=1S/C18H18N2O5S/c1-26(24,25)20(14-6-3-2-4-7-14)16-11-13(18(22)23)10-15(12-16)19-9-5-8-17(19)21/h2-4,6-7,10-12H,5,8-9H2,1H3,(H,22,23). The third-order valence-corrected chi connectivity index (χ3v) is 5.18. The molecule has 2 aromatic carbocycles. The first-order valence-corrected chi connectivity index (χ1v) is 9.86. The van der Waals surface area contributed by atoms with Gasteiger partial charge in [0.25, 0.3) is 0 Å². The minimum Gasteiger partial charge on any atom is -0.478 e. The Bertz CT molecular complexity index is 957. The average Bonchev–Trinajstić information content (AvgIpc) is 3.00. The summed E-state index contributed by atoms with van der Waals surface area (Å²) in [5.41, 5.74) is 0.860. The van der Waals surface area contributed by atoms with E-state index in [1.54, 1.807) is 30.3 Å². The minimum absolute atomic E-state index is 0.0817. The molecule has 0 aliphatic carbocycles. The van der Waals surface area contributed by atoms with Crippen LogP contribution in [0, 0.1) is 0 Å². The van der Waals surface area contributed by atoms with Gasteiger partial charge in [-0.05, 0) is 36.8 Å². The van der Waals surface area contributed by atoms with Crippen LogP contribution in [-0.2, 0) is 14.8 Å². The molecular weight excluding hydrogens is 356 g/mol. The number of carbonyl (C=O) groups is 2. The van der Waals surface area contributed by atoms with Gasteiger partial charge in [0.2, 0.25) is 15.9 Å². The molecule has 1 heterocycles. The van der Waals surface area contributed by atoms with Crippen molar-refractivity contribution in [3.63, 3.8) is 0 Å². The highest BCUT2D eigenvalue weighted by molar-refractivity contribution is 7.92. The summed E-state index contributed by atoms with van der Waals surface area (Å²) < 4.78 is 25.9. The molecule has 0 spiro atoms. The van der Waals surface area contributed by atoms with E-state index in [-0.39, 0.29) is 17.2 Å². The number of sulfonamides is 1. The van der Waals surface area contributed by atoms with Gasteiger partial charge in [0.05, 0.1) is 23.2 Å². The summed E-state index contributed by atoms with van der Waals surface area (Å²) in [5.74, 6) is -1.30. The Morgan fingerprint density at radius 3 is 2.35 bits per heavy atom. The van der Waals surface area contributed by atoms with Crippen molar-refractivity contribution in [2.24, 2.45) is 0 Å². The topological polar surface area (TPSA) is 95.0 Å². The number of rotatable bonds is 5. The maximum Gasteiger partial charge on any atom is 0.335 e. The van der Waals surface area contributed by atoms with E-state index in [2.05, 4.69) is 0 Å². The van der Waals surface area contributed by atoms with Crippen LogP contribution in [0.1, 0.15) is 23.2 Å². The Labute approximate surface area is 151 Å². The largest absolute Gasteiger partial charge is 0.478 e. The van der Waals surface area contributed by atoms with Gasteiger partial charge < -0.3 is 10.0 Å². The molecule has 1 aliphatic rings. The number of nitrogens with zero attached hydrogens (tertiary/aromatic N) is 2. The fraction of sp³-hybridized carbons (Fsp3) is 0.222. The molecule has 3 rings (SSSR count). The second kappa shape index (κ2) is 6.80. The predicted molar refractivity (Wildman–Crippen MR) is 98.4 cm³/mol. The van der Waals surface area contributed by atoms with E-state index >= 15 is 0 Å². The van der Waals surface area contributed by atoms with E-state index in [0.717, 1.165) is 10.6 Å². The Morgan fingerprint density at radius 2 is 1.81 bits per heavy atom. The molecule has 0 bridgehead atoms. The van der Waals surface area contributed by atoms with Crippen LogP contribution in [0.2, 0.25) is 0 Å². The van der Waals surface area contributed by atoms with Crippen LogP contribution in [-0.4, -0.2) is 38.2 Å². The van der Waals surface area contributed by atoms with Crippen molar-refractivity contribution >= 4 is 39.0 Å². The molecule has 1 N–H and O–H groups in total. The zero-order valence-electron chi connectivity index (χ0n) is 14.1. The summed E-state index contributed by atoms with van der Waals surface area (Å²) in [4.78, 5) is 25.1. The molecule has 8 heteroatoms. The third-order valence-electron chi connectivity index (χ3n) is 4.09. The number of aromatic carboxylic acids is 1. The highest BCUT2D eigenvalue weighted by Gasteiger charge is 2.26. The van der Waals surface area contributed by atoms with Gasteiger partial charge in [-0.1, -0.05) is 18.2 Å². The van der Waals surface area contributed by atoms with Crippen LogP contribution in [0.25, 0.3) is 0 Å². The zero-order chi connectivity index (χ0) is 18.9. The fourth-order valence-corrected chi connectivity index (χ4v) is 4.00. The number of para-hydroxylation sites is 1. The van der Waals surface area contributed by atoms with Crippen LogP contribution in [0.3, 0.4) is 0 Å². The maximum atomic E-state index is 12.4. The summed E-state index contributed by atoms with van der Waals surface area (Å²) in [6.45, 7) is 0.478. The number of hydrogen-bond acceptors (Lipinski definition) is 4. The molecule has 1 amide bonds. The van der Waals surface area contributed by atoms with Crippen LogP contribution in [0.4, 0.5) is 17.1 Å². The van der Waals surface area contributed by atoms with E-state index < -0.39 is 16.0 Å². The second-order valence-corrected chi connectivity index (χ2v) is 7.89. The molecule has 0 unspecified atom stereocenters. The van der Waals surface area contributed by atoms with Gasteiger partial charge in [0.1, 0.15) is 0 Å². The Morgan fingerprint density at radius 1 is 1.12 bits per heavy atom. The minimum atomic E-state index is -3.73. The molecule has 26 heavy (non-hydrogen) atoms. The molecule has 7 nitrogen and oxygen atoms in total. The molecule has 0 aromatic heterocycles. The molecule has 1 saturated heterocycles. The highest BCUT2D eigenvalue weighted by Crippen LogP contribution is 2.34. The number of anilines is 3. The predicted octanol–water partition coefficient (Wildman–Crippen LogP) is 2.61. The first-order valence-electron chi connectivity index (χ1n) is 8.01. The monoisotopic (exact) mass is 374 g/mol. The van der Waals surface area contributed by atoms with E-state index in [9.17, 15) is 23.1 Å².